The maximum Gasteiger partial charge on any atom is 0.240 e. The first kappa shape index (κ1) is 19.1. The fourth-order valence-corrected chi connectivity index (χ4v) is 3.45. The van der Waals surface area contributed by atoms with Crippen molar-refractivity contribution in [3.63, 3.8) is 0 Å². The smallest absolute Gasteiger partial charge is 0.240 e. The van der Waals surface area contributed by atoms with Crippen molar-refractivity contribution in [1.29, 1.82) is 0 Å². The molecule has 7 nitrogen and oxygen atoms in total. The number of nitrogens with one attached hydrogen (secondary N) is 1. The maximum absolute atomic E-state index is 12.2. The van der Waals surface area contributed by atoms with E-state index in [9.17, 15) is 8.42 Å². The van der Waals surface area contributed by atoms with Gasteiger partial charge in [-0.3, -0.25) is 4.90 Å². The molecule has 136 valence electrons. The van der Waals surface area contributed by atoms with Gasteiger partial charge in [-0.15, -0.1) is 0 Å². The molecule has 0 aliphatic carbocycles. The lowest BCUT2D eigenvalue weighted by Gasteiger charge is -2.26. The SMILES string of the molecule is COCCOc1ccc(S(=O)(=O)NCCCN2CCOCC2)cc1. The first-order chi connectivity index (χ1) is 11.6. The summed E-state index contributed by atoms with van der Waals surface area (Å²) in [5.74, 6) is 0.623. The van der Waals surface area contributed by atoms with Crippen molar-refractivity contribution in [2.24, 2.45) is 0 Å². The molecule has 0 amide bonds. The van der Waals surface area contributed by atoms with Gasteiger partial charge < -0.3 is 14.2 Å². The topological polar surface area (TPSA) is 77.1 Å². The fourth-order valence-electron chi connectivity index (χ4n) is 2.38. The molecule has 1 aliphatic rings. The van der Waals surface area contributed by atoms with E-state index in [0.29, 0.717) is 25.5 Å². The predicted octanol–water partition coefficient (Wildman–Crippen LogP) is 0.712. The van der Waals surface area contributed by atoms with E-state index in [0.717, 1.165) is 39.3 Å². The van der Waals surface area contributed by atoms with E-state index >= 15 is 0 Å². The highest BCUT2D eigenvalue weighted by atomic mass is 32.2. The van der Waals surface area contributed by atoms with Gasteiger partial charge in [0.25, 0.3) is 0 Å². The lowest BCUT2D eigenvalue weighted by atomic mass is 10.3. The third-order valence-electron chi connectivity index (χ3n) is 3.74. The van der Waals surface area contributed by atoms with Crippen LogP contribution in [0.1, 0.15) is 6.42 Å². The Morgan fingerprint density at radius 1 is 1.17 bits per heavy atom. The zero-order chi connectivity index (χ0) is 17.3. The maximum atomic E-state index is 12.2. The van der Waals surface area contributed by atoms with Crippen LogP contribution in [0.4, 0.5) is 0 Å². The minimum atomic E-state index is -3.48. The predicted molar refractivity (Wildman–Crippen MR) is 90.9 cm³/mol. The van der Waals surface area contributed by atoms with Gasteiger partial charge in [0.1, 0.15) is 12.4 Å². The number of rotatable bonds is 10. The zero-order valence-electron chi connectivity index (χ0n) is 14.1. The molecular weight excluding hydrogens is 332 g/mol. The Balaban J connectivity index is 1.74. The van der Waals surface area contributed by atoms with Crippen LogP contribution in [0.25, 0.3) is 0 Å². The highest BCUT2D eigenvalue weighted by Crippen LogP contribution is 2.15. The highest BCUT2D eigenvalue weighted by Gasteiger charge is 2.14. The standard InChI is InChI=1S/C16H26N2O5S/c1-21-13-14-23-15-3-5-16(6-4-15)24(19,20)17-7-2-8-18-9-11-22-12-10-18/h3-6,17H,2,7-14H2,1H3. The fraction of sp³-hybridized carbons (Fsp3) is 0.625. The second-order valence-electron chi connectivity index (χ2n) is 5.52. The molecule has 0 atom stereocenters. The van der Waals surface area contributed by atoms with E-state index in [1.54, 1.807) is 31.4 Å². The Morgan fingerprint density at radius 2 is 1.88 bits per heavy atom. The molecule has 0 saturated carbocycles. The molecule has 0 bridgehead atoms. The van der Waals surface area contributed by atoms with Gasteiger partial charge in [0, 0.05) is 26.7 Å². The summed E-state index contributed by atoms with van der Waals surface area (Å²) in [5, 5.41) is 0. The minimum Gasteiger partial charge on any atom is -0.491 e. The minimum absolute atomic E-state index is 0.243. The van der Waals surface area contributed by atoms with Crippen molar-refractivity contribution in [2.45, 2.75) is 11.3 Å². The summed E-state index contributed by atoms with van der Waals surface area (Å²) in [4.78, 5) is 2.53. The first-order valence-electron chi connectivity index (χ1n) is 8.13. The molecule has 0 aromatic heterocycles. The van der Waals surface area contributed by atoms with Crippen molar-refractivity contribution in [3.8, 4) is 5.75 Å². The number of ether oxygens (including phenoxy) is 3. The summed E-state index contributed by atoms with van der Waals surface area (Å²) in [7, 11) is -1.88. The molecule has 0 radical (unpaired) electrons. The number of nitrogens with zero attached hydrogens (tertiary/aromatic N) is 1. The molecule has 24 heavy (non-hydrogen) atoms. The van der Waals surface area contributed by atoms with Crippen LogP contribution in [0.15, 0.2) is 29.2 Å². The summed E-state index contributed by atoms with van der Waals surface area (Å²) >= 11 is 0. The van der Waals surface area contributed by atoms with Gasteiger partial charge in [0.2, 0.25) is 10.0 Å². The number of methoxy groups -OCH3 is 1. The van der Waals surface area contributed by atoms with Gasteiger partial charge in [-0.05, 0) is 37.2 Å². The van der Waals surface area contributed by atoms with Crippen LogP contribution in [0, 0.1) is 0 Å². The molecule has 8 heteroatoms. The van der Waals surface area contributed by atoms with Crippen LogP contribution in [-0.2, 0) is 19.5 Å². The average Bonchev–Trinajstić information content (AvgIpc) is 2.60. The van der Waals surface area contributed by atoms with Gasteiger partial charge in [0.05, 0.1) is 24.7 Å². The van der Waals surface area contributed by atoms with E-state index in [-0.39, 0.29) is 4.90 Å². The molecule has 1 N–H and O–H groups in total. The zero-order valence-corrected chi connectivity index (χ0v) is 14.9. The average molecular weight is 358 g/mol. The molecular formula is C16H26N2O5S. The van der Waals surface area contributed by atoms with E-state index in [1.807, 2.05) is 0 Å². The Hall–Kier alpha value is -1.19. The van der Waals surface area contributed by atoms with Gasteiger partial charge in [-0.2, -0.15) is 0 Å². The number of morpholine rings is 1. The van der Waals surface area contributed by atoms with Crippen LogP contribution in [-0.4, -0.2) is 73.0 Å². The largest absolute Gasteiger partial charge is 0.491 e. The Labute approximate surface area is 143 Å². The van der Waals surface area contributed by atoms with Crippen molar-refractivity contribution in [1.82, 2.24) is 9.62 Å². The second kappa shape index (κ2) is 9.95. The summed E-state index contributed by atoms with van der Waals surface area (Å²) in [5.41, 5.74) is 0. The second-order valence-corrected chi connectivity index (χ2v) is 7.28. The quantitative estimate of drug-likeness (QED) is 0.621. The monoisotopic (exact) mass is 358 g/mol. The summed E-state index contributed by atoms with van der Waals surface area (Å²) in [6.45, 7) is 5.56. The first-order valence-corrected chi connectivity index (χ1v) is 9.62. The normalized spacial score (nSPS) is 16.2. The summed E-state index contributed by atoms with van der Waals surface area (Å²) in [6.07, 6.45) is 0.775. The lowest BCUT2D eigenvalue weighted by Crippen LogP contribution is -2.38. The molecule has 0 spiro atoms. The summed E-state index contributed by atoms with van der Waals surface area (Å²) < 4.78 is 42.7. The van der Waals surface area contributed by atoms with E-state index in [4.69, 9.17) is 14.2 Å². The van der Waals surface area contributed by atoms with Crippen LogP contribution >= 0.6 is 0 Å². The lowest BCUT2D eigenvalue weighted by molar-refractivity contribution is 0.0376. The van der Waals surface area contributed by atoms with Crippen LogP contribution in [0.2, 0.25) is 0 Å². The Bertz CT molecular complexity index is 571. The number of hydrogen-bond donors (Lipinski definition) is 1. The van der Waals surface area contributed by atoms with E-state index in [2.05, 4.69) is 9.62 Å². The van der Waals surface area contributed by atoms with Crippen molar-refractivity contribution in [3.05, 3.63) is 24.3 Å². The third kappa shape index (κ3) is 6.37. The van der Waals surface area contributed by atoms with Gasteiger partial charge in [-0.25, -0.2) is 13.1 Å². The highest BCUT2D eigenvalue weighted by molar-refractivity contribution is 7.89. The van der Waals surface area contributed by atoms with Crippen molar-refractivity contribution < 1.29 is 22.6 Å². The number of hydrogen-bond acceptors (Lipinski definition) is 6. The third-order valence-corrected chi connectivity index (χ3v) is 5.21. The van der Waals surface area contributed by atoms with Gasteiger partial charge in [0.15, 0.2) is 0 Å². The van der Waals surface area contributed by atoms with E-state index < -0.39 is 10.0 Å². The van der Waals surface area contributed by atoms with Gasteiger partial charge >= 0.3 is 0 Å². The number of sulfonamides is 1. The molecule has 1 fully saturated rings. The van der Waals surface area contributed by atoms with Crippen LogP contribution in [0.3, 0.4) is 0 Å². The number of benzene rings is 1. The van der Waals surface area contributed by atoms with Crippen LogP contribution in [0.5, 0.6) is 5.75 Å². The summed E-state index contributed by atoms with van der Waals surface area (Å²) in [6, 6.07) is 6.40. The molecule has 1 aliphatic heterocycles. The molecule has 1 saturated heterocycles. The molecule has 1 aromatic carbocycles. The molecule has 1 heterocycles. The molecule has 1 aromatic rings. The Morgan fingerprint density at radius 3 is 2.54 bits per heavy atom. The molecule has 2 rings (SSSR count). The van der Waals surface area contributed by atoms with Gasteiger partial charge in [-0.1, -0.05) is 0 Å². The van der Waals surface area contributed by atoms with Crippen molar-refractivity contribution in [2.75, 3.05) is 59.7 Å². The van der Waals surface area contributed by atoms with Crippen molar-refractivity contribution >= 4 is 10.0 Å². The molecule has 0 unspecified atom stereocenters. The van der Waals surface area contributed by atoms with E-state index in [1.165, 1.54) is 0 Å². The Kier molecular flexibility index (Phi) is 7.93. The van der Waals surface area contributed by atoms with Crippen LogP contribution < -0.4 is 9.46 Å².